The molecule has 0 bridgehead atoms. The molecule has 2 fully saturated rings. The number of ether oxygens (including phenoxy) is 2. The Hall–Kier alpha value is -4.80. The third-order valence-corrected chi connectivity index (χ3v) is 8.37. The zero-order valence-electron chi connectivity index (χ0n) is 25.9. The maximum atomic E-state index is 13.3. The van der Waals surface area contributed by atoms with E-state index in [0.717, 1.165) is 11.1 Å². The van der Waals surface area contributed by atoms with Gasteiger partial charge >= 0.3 is 12.1 Å². The quantitative estimate of drug-likeness (QED) is 0.183. The number of imidazole rings is 1. The molecule has 2 aliphatic heterocycles. The number of carbonyl (C=O) groups excluding carboxylic acids is 2. The van der Waals surface area contributed by atoms with Gasteiger partial charge in [-0.3, -0.25) is 9.36 Å². The molecule has 2 aromatic heterocycles. The number of rotatable bonds is 10. The van der Waals surface area contributed by atoms with Crippen LogP contribution in [0.5, 0.6) is 0 Å². The normalized spacial score (nSPS) is 22.7. The number of fused-ring (bicyclic) bond motifs is 1. The maximum absolute atomic E-state index is 13.3. The van der Waals surface area contributed by atoms with Gasteiger partial charge in [-0.05, 0) is 24.5 Å². The molecule has 2 aliphatic rings. The van der Waals surface area contributed by atoms with Gasteiger partial charge in [-0.15, -0.1) is 0 Å². The van der Waals surface area contributed by atoms with E-state index >= 15 is 0 Å². The number of alkyl halides is 3. The number of halogens is 3. The molecule has 6 rings (SSSR count). The predicted molar refractivity (Wildman–Crippen MR) is 168 cm³/mol. The monoisotopic (exact) mass is 668 g/mol. The molecule has 16 heteroatoms. The van der Waals surface area contributed by atoms with Crippen molar-refractivity contribution >= 4 is 34.8 Å². The van der Waals surface area contributed by atoms with Crippen molar-refractivity contribution in [3.8, 4) is 0 Å². The van der Waals surface area contributed by atoms with Crippen molar-refractivity contribution in [2.45, 2.75) is 56.0 Å². The number of hydrogen-bond donors (Lipinski definition) is 4. The Morgan fingerprint density at radius 1 is 1.10 bits per heavy atom. The first kappa shape index (κ1) is 33.1. The molecular weight excluding hydrogens is 633 g/mol. The van der Waals surface area contributed by atoms with Gasteiger partial charge in [0.15, 0.2) is 35.4 Å². The van der Waals surface area contributed by atoms with E-state index in [-0.39, 0.29) is 35.6 Å². The number of hydrogen-bond acceptors (Lipinski definition) is 11. The summed E-state index contributed by atoms with van der Waals surface area (Å²) in [5, 5.41) is 16.8. The van der Waals surface area contributed by atoms with E-state index in [1.54, 1.807) is 6.92 Å². The number of aliphatic hydroxyl groups excluding tert-OH is 1. The molecule has 254 valence electrons. The van der Waals surface area contributed by atoms with Gasteiger partial charge in [0.25, 0.3) is 5.91 Å². The molecule has 0 aliphatic carbocycles. The average Bonchev–Trinajstić information content (AvgIpc) is 3.79. The largest absolute Gasteiger partial charge is 0.490 e. The van der Waals surface area contributed by atoms with Crippen molar-refractivity contribution in [2.75, 3.05) is 36.4 Å². The summed E-state index contributed by atoms with van der Waals surface area (Å²) < 4.78 is 51.7. The van der Waals surface area contributed by atoms with E-state index < -0.39 is 42.6 Å². The summed E-state index contributed by atoms with van der Waals surface area (Å²) in [4.78, 5) is 40.5. The van der Waals surface area contributed by atoms with Crippen LogP contribution in [0, 0.1) is 0 Å². The summed E-state index contributed by atoms with van der Waals surface area (Å²) in [7, 11) is 0. The van der Waals surface area contributed by atoms with Crippen LogP contribution >= 0.6 is 0 Å². The first-order chi connectivity index (χ1) is 23.0. The number of aromatic nitrogens is 4. The maximum Gasteiger partial charge on any atom is 0.490 e. The Morgan fingerprint density at radius 3 is 2.35 bits per heavy atom. The lowest BCUT2D eigenvalue weighted by molar-refractivity contribution is -0.211. The van der Waals surface area contributed by atoms with E-state index in [2.05, 4.69) is 20.6 Å². The van der Waals surface area contributed by atoms with Crippen molar-refractivity contribution in [3.05, 3.63) is 78.1 Å². The van der Waals surface area contributed by atoms with Crippen LogP contribution < -0.4 is 21.3 Å². The lowest BCUT2D eigenvalue weighted by Crippen LogP contribution is -2.44. The molecule has 4 aromatic rings. The van der Waals surface area contributed by atoms with E-state index in [9.17, 15) is 27.9 Å². The minimum Gasteiger partial charge on any atom is -0.448 e. The van der Waals surface area contributed by atoms with E-state index in [1.807, 2.05) is 65.6 Å². The smallest absolute Gasteiger partial charge is 0.448 e. The Bertz CT molecular complexity index is 1700. The molecule has 48 heavy (non-hydrogen) atoms. The molecule has 5 atom stereocenters. The number of amides is 1. The lowest BCUT2D eigenvalue weighted by Gasteiger charge is -2.23. The molecule has 4 heterocycles. The number of esters is 1. The molecule has 2 saturated heterocycles. The lowest BCUT2D eigenvalue weighted by atomic mass is 9.91. The molecule has 0 unspecified atom stereocenters. The molecule has 0 spiro atoms. The molecule has 0 radical (unpaired) electrons. The Labute approximate surface area is 273 Å². The van der Waals surface area contributed by atoms with Gasteiger partial charge in [-0.1, -0.05) is 60.7 Å². The number of likely N-dealkylation sites (N-methyl/N-ethyl adjacent to an activating group) is 1. The van der Waals surface area contributed by atoms with Crippen LogP contribution in [0.4, 0.5) is 24.9 Å². The van der Waals surface area contributed by atoms with Gasteiger partial charge in [0, 0.05) is 38.1 Å². The number of benzene rings is 2. The van der Waals surface area contributed by atoms with Crippen LogP contribution in [0.1, 0.15) is 36.6 Å². The van der Waals surface area contributed by atoms with Gasteiger partial charge in [0.1, 0.15) is 6.10 Å². The molecule has 2 aromatic carbocycles. The summed E-state index contributed by atoms with van der Waals surface area (Å²) in [6.07, 6.45) is -10.5. The summed E-state index contributed by atoms with van der Waals surface area (Å²) in [6, 6.07) is 19.7. The molecule has 5 N–H and O–H groups in total. The number of nitrogens with zero attached hydrogens (tertiary/aromatic N) is 5. The van der Waals surface area contributed by atoms with E-state index in [0.29, 0.717) is 31.9 Å². The molecule has 1 amide bonds. The van der Waals surface area contributed by atoms with Crippen molar-refractivity contribution in [1.82, 2.24) is 24.8 Å². The number of anilines is 2. The highest BCUT2D eigenvalue weighted by molar-refractivity contribution is 5.85. The van der Waals surface area contributed by atoms with Gasteiger partial charge in [-0.2, -0.15) is 23.1 Å². The number of nitrogens with two attached hydrogens (primary N) is 1. The van der Waals surface area contributed by atoms with Crippen LogP contribution in [0.15, 0.2) is 67.0 Å². The average molecular weight is 669 g/mol. The second kappa shape index (κ2) is 13.7. The fraction of sp³-hybridized carbons (Fsp3) is 0.406. The fourth-order valence-corrected chi connectivity index (χ4v) is 6.01. The first-order valence-electron chi connectivity index (χ1n) is 15.5. The van der Waals surface area contributed by atoms with Crippen LogP contribution in [0.25, 0.3) is 11.2 Å². The predicted octanol–water partition coefficient (Wildman–Crippen LogP) is 2.48. The zero-order valence-corrected chi connectivity index (χ0v) is 25.9. The summed E-state index contributed by atoms with van der Waals surface area (Å²) in [6.45, 7) is 3.18. The highest BCUT2D eigenvalue weighted by atomic mass is 19.4. The highest BCUT2D eigenvalue weighted by Crippen LogP contribution is 2.37. The van der Waals surface area contributed by atoms with Gasteiger partial charge in [0.2, 0.25) is 5.95 Å². The topological polar surface area (TPSA) is 170 Å². The second-order valence-corrected chi connectivity index (χ2v) is 11.6. The summed E-state index contributed by atoms with van der Waals surface area (Å²) in [5.74, 6) is -2.83. The van der Waals surface area contributed by atoms with Crippen LogP contribution in [0.2, 0.25) is 0 Å². The van der Waals surface area contributed by atoms with Gasteiger partial charge in [0.05, 0.1) is 6.33 Å². The molecule has 13 nitrogen and oxygen atoms in total. The van der Waals surface area contributed by atoms with Crippen LogP contribution in [-0.2, 0) is 19.1 Å². The molecular formula is C32H35F3N8O5. The number of nitrogens with one attached hydrogen (secondary N) is 2. The second-order valence-electron chi connectivity index (χ2n) is 11.6. The molecule has 0 saturated carbocycles. The van der Waals surface area contributed by atoms with Gasteiger partial charge in [-0.25, -0.2) is 9.78 Å². The Balaban J connectivity index is 1.41. The Kier molecular flexibility index (Phi) is 9.48. The Morgan fingerprint density at radius 2 is 1.77 bits per heavy atom. The van der Waals surface area contributed by atoms with Crippen molar-refractivity contribution < 1.29 is 37.3 Å². The standard InChI is InChI=1S/C32H35F3N8O5/c1-2-37-28(45)24-23(44)25(48-30(46)32(33,34)35)29(47-24)43-17-39-22-26(40-31(41-27(22)43)42-14-13-20(36)16-42)38-15-21(18-9-5-3-6-10-18)19-11-7-4-8-12-19/h3-12,17,20-21,23-25,29,44H,2,13-16,36H2,1H3,(H,37,45)(H,38,40,41)/t20-,23-,24+,25-,29-/m1/s1. The van der Waals surface area contributed by atoms with Crippen molar-refractivity contribution in [3.63, 3.8) is 0 Å². The SMILES string of the molecule is CCNC(=O)[C@H]1O[C@@H](n2cnc3c(NCC(c4ccccc4)c4ccccc4)nc(N4CC[C@@H](N)C4)nc32)[C@H](OC(=O)C(F)(F)F)[C@@H]1O. The third-order valence-electron chi connectivity index (χ3n) is 8.37. The number of aliphatic hydroxyl groups is 1. The highest BCUT2D eigenvalue weighted by Gasteiger charge is 2.54. The fourth-order valence-electron chi connectivity index (χ4n) is 6.01. The minimum absolute atomic E-state index is 0.0968. The van der Waals surface area contributed by atoms with Crippen LogP contribution in [-0.4, -0.2) is 93.2 Å². The third kappa shape index (κ3) is 6.77. The first-order valence-corrected chi connectivity index (χ1v) is 15.5. The summed E-state index contributed by atoms with van der Waals surface area (Å²) >= 11 is 0. The zero-order chi connectivity index (χ0) is 34.0. The number of carbonyl (C=O) groups is 2. The van der Waals surface area contributed by atoms with Crippen LogP contribution in [0.3, 0.4) is 0 Å². The summed E-state index contributed by atoms with van der Waals surface area (Å²) in [5.41, 5.74) is 8.63. The van der Waals surface area contributed by atoms with Crippen molar-refractivity contribution in [1.29, 1.82) is 0 Å². The van der Waals surface area contributed by atoms with Gasteiger partial charge < -0.3 is 35.8 Å². The van der Waals surface area contributed by atoms with E-state index in [4.69, 9.17) is 20.2 Å². The van der Waals surface area contributed by atoms with E-state index in [1.165, 1.54) is 10.9 Å². The minimum atomic E-state index is -5.36. The van der Waals surface area contributed by atoms with Crippen molar-refractivity contribution in [2.24, 2.45) is 5.73 Å².